The van der Waals surface area contributed by atoms with E-state index in [2.05, 4.69) is 63.6 Å². The molecule has 0 spiro atoms. The van der Waals surface area contributed by atoms with Gasteiger partial charge in [-0.3, -0.25) is 9.69 Å². The first-order valence-corrected chi connectivity index (χ1v) is 10.5. The first-order valence-electron chi connectivity index (χ1n) is 10.1. The van der Waals surface area contributed by atoms with Crippen molar-refractivity contribution < 1.29 is 4.79 Å². The van der Waals surface area contributed by atoms with Crippen LogP contribution in [-0.4, -0.2) is 54.0 Å². The third-order valence-corrected chi connectivity index (χ3v) is 5.29. The molecule has 5 nitrogen and oxygen atoms in total. The zero-order chi connectivity index (χ0) is 21.5. The summed E-state index contributed by atoms with van der Waals surface area (Å²) in [5, 5.41) is 5.91. The standard InChI is InChI=1S/C24H28N4OS/c1-18-4-5-21(16-23(18)26-24(30)25-19(2)29)9-6-20-7-10-22(11-8-20)17-28-14-12-27(3)13-15-28/h4-5,7-8,10-11,16H,12-15,17H2,1-3H3,(H2,25,26,29,30). The molecule has 3 rings (SSSR count). The van der Waals surface area contributed by atoms with Crippen LogP contribution in [0.1, 0.15) is 29.2 Å². The van der Waals surface area contributed by atoms with Crippen LogP contribution in [0.25, 0.3) is 0 Å². The van der Waals surface area contributed by atoms with Gasteiger partial charge in [0.25, 0.3) is 0 Å². The van der Waals surface area contributed by atoms with Crippen molar-refractivity contribution >= 4 is 28.9 Å². The van der Waals surface area contributed by atoms with Crippen LogP contribution in [0.3, 0.4) is 0 Å². The van der Waals surface area contributed by atoms with Crippen LogP contribution in [0.15, 0.2) is 42.5 Å². The molecule has 0 atom stereocenters. The number of amides is 1. The van der Waals surface area contributed by atoms with Gasteiger partial charge in [0, 0.05) is 56.5 Å². The minimum atomic E-state index is -0.197. The first-order chi connectivity index (χ1) is 14.4. The van der Waals surface area contributed by atoms with Crippen LogP contribution < -0.4 is 10.6 Å². The molecule has 0 bridgehead atoms. The highest BCUT2D eigenvalue weighted by Crippen LogP contribution is 2.17. The fourth-order valence-electron chi connectivity index (χ4n) is 3.25. The van der Waals surface area contributed by atoms with Crippen molar-refractivity contribution in [2.24, 2.45) is 0 Å². The van der Waals surface area contributed by atoms with Gasteiger partial charge in [-0.1, -0.05) is 30.0 Å². The molecule has 0 radical (unpaired) electrons. The lowest BCUT2D eigenvalue weighted by Gasteiger charge is -2.32. The first kappa shape index (κ1) is 22.0. The Balaban J connectivity index is 1.63. The Morgan fingerprint density at radius 3 is 2.33 bits per heavy atom. The van der Waals surface area contributed by atoms with Gasteiger partial charge in [0.05, 0.1) is 0 Å². The zero-order valence-electron chi connectivity index (χ0n) is 17.8. The van der Waals surface area contributed by atoms with E-state index in [0.29, 0.717) is 0 Å². The number of likely N-dealkylation sites (N-methyl/N-ethyl adjacent to an activating group) is 1. The number of hydrogen-bond donors (Lipinski definition) is 2. The Morgan fingerprint density at radius 2 is 1.67 bits per heavy atom. The number of nitrogens with one attached hydrogen (secondary N) is 2. The monoisotopic (exact) mass is 420 g/mol. The van der Waals surface area contributed by atoms with E-state index >= 15 is 0 Å². The molecular weight excluding hydrogens is 392 g/mol. The van der Waals surface area contributed by atoms with E-state index in [1.165, 1.54) is 12.5 Å². The van der Waals surface area contributed by atoms with Gasteiger partial charge in [0.2, 0.25) is 5.91 Å². The molecule has 1 aliphatic heterocycles. The SMILES string of the molecule is CC(=O)NC(=S)Nc1cc(C#Cc2ccc(CN3CCN(C)CC3)cc2)ccc1C. The highest BCUT2D eigenvalue weighted by Gasteiger charge is 2.13. The van der Waals surface area contributed by atoms with Gasteiger partial charge in [-0.05, 0) is 61.6 Å². The Kier molecular flexibility index (Phi) is 7.58. The summed E-state index contributed by atoms with van der Waals surface area (Å²) in [5.74, 6) is 6.24. The summed E-state index contributed by atoms with van der Waals surface area (Å²) >= 11 is 5.15. The van der Waals surface area contributed by atoms with Gasteiger partial charge in [0.15, 0.2) is 5.11 Å². The molecule has 30 heavy (non-hydrogen) atoms. The molecule has 0 aromatic heterocycles. The Morgan fingerprint density at radius 1 is 1.03 bits per heavy atom. The van der Waals surface area contributed by atoms with E-state index in [-0.39, 0.29) is 11.0 Å². The Bertz CT molecular complexity index is 967. The number of piperazine rings is 1. The van der Waals surface area contributed by atoms with Crippen molar-refractivity contribution in [2.45, 2.75) is 20.4 Å². The van der Waals surface area contributed by atoms with Gasteiger partial charge in [0.1, 0.15) is 0 Å². The molecular formula is C24H28N4OS. The number of anilines is 1. The Labute approximate surface area is 184 Å². The van der Waals surface area contributed by atoms with Crippen molar-refractivity contribution in [3.05, 3.63) is 64.7 Å². The van der Waals surface area contributed by atoms with Crippen molar-refractivity contribution in [1.82, 2.24) is 15.1 Å². The summed E-state index contributed by atoms with van der Waals surface area (Å²) < 4.78 is 0. The van der Waals surface area contributed by atoms with E-state index in [9.17, 15) is 4.79 Å². The van der Waals surface area contributed by atoms with Gasteiger partial charge in [-0.25, -0.2) is 0 Å². The molecule has 1 amide bonds. The summed E-state index contributed by atoms with van der Waals surface area (Å²) in [6.45, 7) is 8.90. The number of thiocarbonyl (C=S) groups is 1. The highest BCUT2D eigenvalue weighted by molar-refractivity contribution is 7.80. The third-order valence-electron chi connectivity index (χ3n) is 5.08. The molecule has 1 aliphatic rings. The molecule has 6 heteroatoms. The van der Waals surface area contributed by atoms with E-state index in [1.54, 1.807) is 0 Å². The lowest BCUT2D eigenvalue weighted by Crippen LogP contribution is -2.43. The van der Waals surface area contributed by atoms with Crippen molar-refractivity contribution in [3.8, 4) is 11.8 Å². The van der Waals surface area contributed by atoms with Crippen LogP contribution in [0.4, 0.5) is 5.69 Å². The molecule has 0 aliphatic carbocycles. The van der Waals surface area contributed by atoms with E-state index in [0.717, 1.165) is 55.1 Å². The number of carbonyl (C=O) groups is 1. The normalized spacial score (nSPS) is 14.5. The quantitative estimate of drug-likeness (QED) is 0.591. The van der Waals surface area contributed by atoms with E-state index in [4.69, 9.17) is 12.2 Å². The molecule has 156 valence electrons. The fraction of sp³-hybridized carbons (Fsp3) is 0.333. The predicted molar refractivity (Wildman–Crippen MR) is 126 cm³/mol. The number of benzene rings is 2. The maximum absolute atomic E-state index is 11.1. The molecule has 0 saturated carbocycles. The maximum atomic E-state index is 11.1. The smallest absolute Gasteiger partial charge is 0.222 e. The van der Waals surface area contributed by atoms with E-state index in [1.807, 2.05) is 25.1 Å². The number of carbonyl (C=O) groups excluding carboxylic acids is 1. The largest absolute Gasteiger partial charge is 0.332 e. The topological polar surface area (TPSA) is 47.6 Å². The average molecular weight is 421 g/mol. The summed E-state index contributed by atoms with van der Waals surface area (Å²) in [4.78, 5) is 16.0. The molecule has 1 heterocycles. The number of rotatable bonds is 3. The number of hydrogen-bond acceptors (Lipinski definition) is 4. The fourth-order valence-corrected chi connectivity index (χ4v) is 3.50. The highest BCUT2D eigenvalue weighted by atomic mass is 32.1. The van der Waals surface area contributed by atoms with Crippen LogP contribution in [0.5, 0.6) is 0 Å². The molecule has 1 fully saturated rings. The van der Waals surface area contributed by atoms with Crippen LogP contribution >= 0.6 is 12.2 Å². The Hall–Kier alpha value is -2.72. The van der Waals surface area contributed by atoms with Crippen LogP contribution in [0.2, 0.25) is 0 Å². The minimum Gasteiger partial charge on any atom is -0.332 e. The average Bonchev–Trinajstić information content (AvgIpc) is 2.71. The molecule has 2 aromatic carbocycles. The summed E-state index contributed by atoms with van der Waals surface area (Å²) in [6, 6.07) is 14.4. The van der Waals surface area contributed by atoms with Crippen molar-refractivity contribution in [2.75, 3.05) is 38.5 Å². The van der Waals surface area contributed by atoms with Crippen molar-refractivity contribution in [1.29, 1.82) is 0 Å². The number of aryl methyl sites for hydroxylation is 1. The van der Waals surface area contributed by atoms with Gasteiger partial charge in [-0.2, -0.15) is 0 Å². The third kappa shape index (κ3) is 6.67. The summed E-state index contributed by atoms with van der Waals surface area (Å²) in [5.41, 5.74) is 5.05. The van der Waals surface area contributed by atoms with E-state index < -0.39 is 0 Å². The second kappa shape index (κ2) is 10.4. The van der Waals surface area contributed by atoms with Gasteiger partial charge >= 0.3 is 0 Å². The molecule has 2 N–H and O–H groups in total. The van der Waals surface area contributed by atoms with Crippen molar-refractivity contribution in [3.63, 3.8) is 0 Å². The van der Waals surface area contributed by atoms with Crippen LogP contribution in [0, 0.1) is 18.8 Å². The van der Waals surface area contributed by atoms with Gasteiger partial charge < -0.3 is 15.5 Å². The lowest BCUT2D eigenvalue weighted by atomic mass is 10.1. The second-order valence-corrected chi connectivity index (χ2v) is 8.10. The molecule has 0 unspecified atom stereocenters. The predicted octanol–water partition coefficient (Wildman–Crippen LogP) is 2.98. The van der Waals surface area contributed by atoms with Gasteiger partial charge in [-0.15, -0.1) is 0 Å². The molecule has 1 saturated heterocycles. The van der Waals surface area contributed by atoms with Crippen LogP contribution in [-0.2, 0) is 11.3 Å². The maximum Gasteiger partial charge on any atom is 0.222 e. The summed E-state index contributed by atoms with van der Waals surface area (Å²) in [7, 11) is 2.18. The molecule has 2 aromatic rings. The minimum absolute atomic E-state index is 0.197. The lowest BCUT2D eigenvalue weighted by molar-refractivity contribution is -0.117. The second-order valence-electron chi connectivity index (χ2n) is 7.69. The zero-order valence-corrected chi connectivity index (χ0v) is 18.6. The summed E-state index contributed by atoms with van der Waals surface area (Å²) in [6.07, 6.45) is 0. The number of nitrogens with zero attached hydrogens (tertiary/aromatic N) is 2.